The average Bonchev–Trinajstić information content (AvgIpc) is 2.32. The van der Waals surface area contributed by atoms with Gasteiger partial charge in [-0.1, -0.05) is 0 Å². The van der Waals surface area contributed by atoms with Crippen LogP contribution in [0.5, 0.6) is 0 Å². The molecule has 1 amide bonds. The lowest BCUT2D eigenvalue weighted by Crippen LogP contribution is -2.38. The lowest BCUT2D eigenvalue weighted by atomic mass is 10.3. The quantitative estimate of drug-likeness (QED) is 0.456. The number of methoxy groups -OCH3 is 1. The van der Waals surface area contributed by atoms with Gasteiger partial charge in [-0.15, -0.1) is 0 Å². The Morgan fingerprint density at radius 2 is 1.78 bits per heavy atom. The maximum Gasteiger partial charge on any atom is 0.331 e. The summed E-state index contributed by atoms with van der Waals surface area (Å²) in [7, 11) is 1.14. The van der Waals surface area contributed by atoms with E-state index in [1.165, 1.54) is 6.92 Å². The molecule has 0 aromatic carbocycles. The van der Waals surface area contributed by atoms with Gasteiger partial charge in [0, 0.05) is 12.2 Å². The molecule has 2 N–H and O–H groups in total. The van der Waals surface area contributed by atoms with Crippen molar-refractivity contribution in [3.05, 3.63) is 12.2 Å². The van der Waals surface area contributed by atoms with Crippen molar-refractivity contribution in [2.75, 3.05) is 13.7 Å². The molecule has 1 atom stereocenters. The summed E-state index contributed by atoms with van der Waals surface area (Å²) >= 11 is 0. The molecule has 0 bridgehead atoms. The van der Waals surface area contributed by atoms with E-state index in [-0.39, 0.29) is 0 Å². The Balaban J connectivity index is 4.14. The molecule has 0 saturated heterocycles. The van der Waals surface area contributed by atoms with Crippen LogP contribution in [0.25, 0.3) is 0 Å². The molecule has 0 spiro atoms. The van der Waals surface area contributed by atoms with Crippen molar-refractivity contribution < 1.29 is 33.8 Å². The molecule has 8 heteroatoms. The largest absolute Gasteiger partial charge is 0.480 e. The third kappa shape index (κ3) is 6.99. The lowest BCUT2D eigenvalue weighted by molar-refractivity contribution is -0.151. The minimum absolute atomic E-state index is 0.571. The van der Waals surface area contributed by atoms with Gasteiger partial charge in [0.05, 0.1) is 7.11 Å². The third-order valence-corrected chi connectivity index (χ3v) is 1.63. The van der Waals surface area contributed by atoms with E-state index in [4.69, 9.17) is 5.11 Å². The number of carboxylic acids is 1. The molecular weight excluding hydrogens is 246 g/mol. The van der Waals surface area contributed by atoms with Gasteiger partial charge in [0.1, 0.15) is 6.54 Å². The van der Waals surface area contributed by atoms with Crippen LogP contribution in [-0.4, -0.2) is 48.7 Å². The highest BCUT2D eigenvalue weighted by Crippen LogP contribution is 1.93. The Morgan fingerprint density at radius 3 is 2.28 bits per heavy atom. The fraction of sp³-hybridized carbons (Fsp3) is 0.400. The number of carbonyl (C=O) groups excluding carboxylic acids is 3. The Morgan fingerprint density at radius 1 is 1.22 bits per heavy atom. The van der Waals surface area contributed by atoms with Gasteiger partial charge < -0.3 is 19.9 Å². The van der Waals surface area contributed by atoms with E-state index in [2.05, 4.69) is 9.47 Å². The van der Waals surface area contributed by atoms with Crippen LogP contribution >= 0.6 is 0 Å². The fourth-order valence-electron chi connectivity index (χ4n) is 0.778. The molecule has 0 aliphatic carbocycles. The van der Waals surface area contributed by atoms with E-state index in [1.807, 2.05) is 5.32 Å². The minimum atomic E-state index is -1.22. The van der Waals surface area contributed by atoms with Crippen LogP contribution in [0.3, 0.4) is 0 Å². The number of esters is 2. The normalized spacial score (nSPS) is 11.7. The highest BCUT2D eigenvalue weighted by Gasteiger charge is 2.16. The van der Waals surface area contributed by atoms with Crippen LogP contribution in [0, 0.1) is 0 Å². The van der Waals surface area contributed by atoms with Crippen molar-refractivity contribution >= 4 is 23.8 Å². The zero-order chi connectivity index (χ0) is 14.1. The summed E-state index contributed by atoms with van der Waals surface area (Å²) in [6, 6.07) is 0. The number of amides is 1. The van der Waals surface area contributed by atoms with Crippen LogP contribution in [0.15, 0.2) is 12.2 Å². The van der Waals surface area contributed by atoms with E-state index < -0.39 is 36.5 Å². The molecule has 100 valence electrons. The Hall–Kier alpha value is -2.38. The first kappa shape index (κ1) is 15.6. The smallest absolute Gasteiger partial charge is 0.331 e. The van der Waals surface area contributed by atoms with Gasteiger partial charge in [0.15, 0.2) is 6.10 Å². The number of carboxylic acid groups (broad SMARTS) is 1. The SMILES string of the molecule is COC(=O)/C=C/C(=O)OC(C)C(=O)NCC(=O)O. The van der Waals surface area contributed by atoms with Crippen LogP contribution in [-0.2, 0) is 28.7 Å². The second-order valence-corrected chi connectivity index (χ2v) is 3.05. The molecule has 18 heavy (non-hydrogen) atoms. The van der Waals surface area contributed by atoms with Crippen LogP contribution in [0.2, 0.25) is 0 Å². The van der Waals surface area contributed by atoms with Crippen LogP contribution in [0.1, 0.15) is 6.92 Å². The molecule has 1 unspecified atom stereocenters. The number of ether oxygens (including phenoxy) is 2. The van der Waals surface area contributed by atoms with Gasteiger partial charge in [-0.2, -0.15) is 0 Å². The summed E-state index contributed by atoms with van der Waals surface area (Å²) in [4.78, 5) is 43.1. The molecule has 8 nitrogen and oxygen atoms in total. The van der Waals surface area contributed by atoms with Crippen LogP contribution in [0.4, 0.5) is 0 Å². The molecule has 0 rings (SSSR count). The number of hydrogen-bond donors (Lipinski definition) is 2. The first-order valence-corrected chi connectivity index (χ1v) is 4.83. The number of hydrogen-bond acceptors (Lipinski definition) is 6. The summed E-state index contributed by atoms with van der Waals surface area (Å²) in [6.45, 7) is 0.694. The molecule has 0 heterocycles. The van der Waals surface area contributed by atoms with E-state index in [1.54, 1.807) is 0 Å². The van der Waals surface area contributed by atoms with E-state index in [0.717, 1.165) is 19.3 Å². The minimum Gasteiger partial charge on any atom is -0.480 e. The summed E-state index contributed by atoms with van der Waals surface area (Å²) in [5.41, 5.74) is 0. The van der Waals surface area contributed by atoms with Gasteiger partial charge >= 0.3 is 17.9 Å². The summed E-state index contributed by atoms with van der Waals surface area (Å²) in [6.07, 6.45) is 0.468. The molecule has 0 aliphatic rings. The monoisotopic (exact) mass is 259 g/mol. The predicted molar refractivity (Wildman–Crippen MR) is 57.4 cm³/mol. The number of aliphatic carboxylic acids is 1. The first-order valence-electron chi connectivity index (χ1n) is 4.83. The zero-order valence-electron chi connectivity index (χ0n) is 9.84. The number of rotatable bonds is 6. The molecule has 0 fully saturated rings. The van der Waals surface area contributed by atoms with Gasteiger partial charge in [-0.25, -0.2) is 9.59 Å². The van der Waals surface area contributed by atoms with Gasteiger partial charge in [0.25, 0.3) is 5.91 Å². The standard InChI is InChI=1S/C10H13NO7/c1-6(10(16)11-5-7(12)13)18-9(15)4-3-8(14)17-2/h3-4,6H,5H2,1-2H3,(H,11,16)(H,12,13)/b4-3+. The van der Waals surface area contributed by atoms with Crippen molar-refractivity contribution in [3.8, 4) is 0 Å². The molecule has 0 aromatic rings. The molecule has 0 radical (unpaired) electrons. The molecule has 0 aliphatic heterocycles. The first-order chi connectivity index (χ1) is 8.36. The van der Waals surface area contributed by atoms with E-state index >= 15 is 0 Å². The molecule has 0 aromatic heterocycles. The second kappa shape index (κ2) is 7.82. The van der Waals surface area contributed by atoms with E-state index in [9.17, 15) is 19.2 Å². The topological polar surface area (TPSA) is 119 Å². The van der Waals surface area contributed by atoms with Gasteiger partial charge in [-0.3, -0.25) is 9.59 Å². The van der Waals surface area contributed by atoms with Crippen molar-refractivity contribution in [3.63, 3.8) is 0 Å². The average molecular weight is 259 g/mol. The highest BCUT2D eigenvalue weighted by molar-refractivity contribution is 5.93. The van der Waals surface area contributed by atoms with Crippen LogP contribution < -0.4 is 5.32 Å². The number of carbonyl (C=O) groups is 4. The van der Waals surface area contributed by atoms with Crippen molar-refractivity contribution in [1.29, 1.82) is 0 Å². The Kier molecular flexibility index (Phi) is 6.79. The Bertz CT molecular complexity index is 374. The van der Waals surface area contributed by atoms with Crippen molar-refractivity contribution in [2.45, 2.75) is 13.0 Å². The van der Waals surface area contributed by atoms with Gasteiger partial charge in [-0.05, 0) is 6.92 Å². The second-order valence-electron chi connectivity index (χ2n) is 3.05. The third-order valence-electron chi connectivity index (χ3n) is 1.63. The van der Waals surface area contributed by atoms with E-state index in [0.29, 0.717) is 0 Å². The molecule has 0 saturated carbocycles. The maximum atomic E-state index is 11.2. The highest BCUT2D eigenvalue weighted by atomic mass is 16.5. The fourth-order valence-corrected chi connectivity index (χ4v) is 0.778. The summed E-state index contributed by atoms with van der Waals surface area (Å²) < 4.78 is 8.84. The number of nitrogens with one attached hydrogen (secondary N) is 1. The lowest BCUT2D eigenvalue weighted by Gasteiger charge is -2.10. The zero-order valence-corrected chi connectivity index (χ0v) is 9.84. The van der Waals surface area contributed by atoms with Crippen molar-refractivity contribution in [2.24, 2.45) is 0 Å². The summed E-state index contributed by atoms with van der Waals surface area (Å²) in [5.74, 6) is -3.63. The van der Waals surface area contributed by atoms with Gasteiger partial charge in [0.2, 0.25) is 0 Å². The maximum absolute atomic E-state index is 11.2. The van der Waals surface area contributed by atoms with Crippen molar-refractivity contribution in [1.82, 2.24) is 5.32 Å². The Labute approximate surface area is 103 Å². The summed E-state index contributed by atoms with van der Waals surface area (Å²) in [5, 5.41) is 10.3. The molecular formula is C10H13NO7. The predicted octanol–water partition coefficient (Wildman–Crippen LogP) is -1.15.